The average molecular weight is 389 g/mol. The number of Topliss-reactive ketones (excluding diaryl/α,β-unsaturated/α-hetero) is 1. The fourth-order valence-corrected chi connectivity index (χ4v) is 7.00. The van der Waals surface area contributed by atoms with Crippen LogP contribution in [0.25, 0.3) is 0 Å². The smallest absolute Gasteiger partial charge is 0.139 e. The maximum atomic E-state index is 13.1. The van der Waals surface area contributed by atoms with E-state index in [2.05, 4.69) is 44.2 Å². The van der Waals surface area contributed by atoms with Crippen LogP contribution in [0, 0.1) is 30.1 Å². The van der Waals surface area contributed by atoms with Crippen molar-refractivity contribution in [2.24, 2.45) is 23.2 Å². The Labute approximate surface area is 174 Å². The third kappa shape index (κ3) is 3.12. The van der Waals surface area contributed by atoms with E-state index in [4.69, 9.17) is 0 Å². The molecule has 1 N–H and O–H groups in total. The predicted octanol–water partition coefficient (Wildman–Crippen LogP) is 5.98. The summed E-state index contributed by atoms with van der Waals surface area (Å²) in [6.45, 7) is 4.40. The van der Waals surface area contributed by atoms with Gasteiger partial charge in [-0.1, -0.05) is 42.8 Å². The van der Waals surface area contributed by atoms with Crippen molar-refractivity contribution in [1.82, 2.24) is 0 Å². The summed E-state index contributed by atoms with van der Waals surface area (Å²) in [6, 6.07) is 14.9. The van der Waals surface area contributed by atoms with Crippen LogP contribution in [0.3, 0.4) is 0 Å². The van der Waals surface area contributed by atoms with Gasteiger partial charge in [0.1, 0.15) is 11.5 Å². The molecule has 0 saturated heterocycles. The number of ketones is 1. The van der Waals surface area contributed by atoms with Crippen molar-refractivity contribution in [1.29, 1.82) is 0 Å². The Kier molecular flexibility index (Phi) is 4.57. The number of hydrogen-bond donors (Lipinski definition) is 1. The molecule has 0 heterocycles. The second-order valence-corrected chi connectivity index (χ2v) is 10.1. The predicted molar refractivity (Wildman–Crippen MR) is 116 cm³/mol. The monoisotopic (exact) mass is 388 g/mol. The van der Waals surface area contributed by atoms with Crippen LogP contribution < -0.4 is 0 Å². The van der Waals surface area contributed by atoms with Gasteiger partial charge >= 0.3 is 0 Å². The van der Waals surface area contributed by atoms with Crippen LogP contribution in [0.15, 0.2) is 42.5 Å². The van der Waals surface area contributed by atoms with Gasteiger partial charge in [-0.25, -0.2) is 0 Å². The lowest BCUT2D eigenvalue weighted by atomic mass is 9.54. The van der Waals surface area contributed by atoms with Crippen LogP contribution in [0.1, 0.15) is 67.2 Å². The Balaban J connectivity index is 1.41. The molecule has 0 radical (unpaired) electrons. The zero-order chi connectivity index (χ0) is 20.2. The number of carbonyl (C=O) groups excluding carboxylic acids is 1. The molecule has 0 aromatic heterocycles. The number of hydrogen-bond acceptors (Lipinski definition) is 2. The molecule has 0 amide bonds. The van der Waals surface area contributed by atoms with Crippen molar-refractivity contribution in [3.63, 3.8) is 0 Å². The summed E-state index contributed by atoms with van der Waals surface area (Å²) < 4.78 is 0. The quantitative estimate of drug-likeness (QED) is 0.702. The third-order valence-electron chi connectivity index (χ3n) is 8.48. The van der Waals surface area contributed by atoms with Gasteiger partial charge in [-0.3, -0.25) is 4.79 Å². The van der Waals surface area contributed by atoms with Crippen molar-refractivity contribution < 1.29 is 9.90 Å². The summed E-state index contributed by atoms with van der Waals surface area (Å²) in [5.74, 6) is 3.10. The minimum atomic E-state index is -0.118. The molecule has 2 aromatic rings. The van der Waals surface area contributed by atoms with Gasteiger partial charge in [0.05, 0.1) is 0 Å². The molecule has 2 saturated carbocycles. The number of carbonyl (C=O) groups is 1. The summed E-state index contributed by atoms with van der Waals surface area (Å²) in [5.41, 5.74) is 5.36. The molecule has 2 nitrogen and oxygen atoms in total. The van der Waals surface area contributed by atoms with E-state index in [0.29, 0.717) is 35.2 Å². The number of phenolic OH excluding ortho intramolecular Hbond substituents is 1. The molecule has 3 aliphatic rings. The second kappa shape index (κ2) is 7.00. The molecular formula is C27H32O2. The molecule has 0 aliphatic heterocycles. The topological polar surface area (TPSA) is 37.3 Å². The zero-order valence-electron chi connectivity index (χ0n) is 17.7. The Morgan fingerprint density at radius 2 is 1.90 bits per heavy atom. The highest BCUT2D eigenvalue weighted by Crippen LogP contribution is 2.62. The van der Waals surface area contributed by atoms with Crippen molar-refractivity contribution in [2.45, 2.75) is 64.7 Å². The average Bonchev–Trinajstić information content (AvgIpc) is 2.97. The highest BCUT2D eigenvalue weighted by atomic mass is 16.3. The number of fused-ring (bicyclic) bond motifs is 5. The molecule has 5 atom stereocenters. The van der Waals surface area contributed by atoms with Crippen LogP contribution in [0.2, 0.25) is 0 Å². The lowest BCUT2D eigenvalue weighted by molar-refractivity contribution is -0.129. The van der Waals surface area contributed by atoms with Gasteiger partial charge in [-0.2, -0.15) is 0 Å². The molecule has 29 heavy (non-hydrogen) atoms. The van der Waals surface area contributed by atoms with Crippen LogP contribution in [-0.2, 0) is 17.6 Å². The molecule has 0 spiro atoms. The first-order chi connectivity index (χ1) is 14.0. The summed E-state index contributed by atoms with van der Waals surface area (Å²) in [5, 5.41) is 9.90. The molecule has 2 heteroatoms. The minimum absolute atomic E-state index is 0.118. The largest absolute Gasteiger partial charge is 0.508 e. The molecular weight excluding hydrogens is 356 g/mol. The van der Waals surface area contributed by atoms with Crippen LogP contribution >= 0.6 is 0 Å². The van der Waals surface area contributed by atoms with Gasteiger partial charge in [0, 0.05) is 11.8 Å². The molecule has 2 aromatic carbocycles. The maximum absolute atomic E-state index is 13.1. The molecule has 0 bridgehead atoms. The van der Waals surface area contributed by atoms with E-state index in [1.54, 1.807) is 0 Å². The standard InChI is InChI=1S/C27H32O2/c1-17-3-5-18(6-4-17)7-8-20-16-25(29)27(2)14-13-23-22-12-10-21(28)15-19(22)9-11-24(23)26(20)27/h3-6,10,12,15,20,23-24,26,28H,7-9,11,13-14,16H2,1-2H3/t20-,23-,24-,26+,27-/m1/s1. The lowest BCUT2D eigenvalue weighted by Crippen LogP contribution is -2.44. The minimum Gasteiger partial charge on any atom is -0.508 e. The van der Waals surface area contributed by atoms with Crippen molar-refractivity contribution in [3.8, 4) is 5.75 Å². The summed E-state index contributed by atoms with van der Waals surface area (Å²) in [4.78, 5) is 13.1. The third-order valence-corrected chi connectivity index (χ3v) is 8.48. The maximum Gasteiger partial charge on any atom is 0.139 e. The Morgan fingerprint density at radius 3 is 2.69 bits per heavy atom. The van der Waals surface area contributed by atoms with E-state index in [1.807, 2.05) is 12.1 Å². The first-order valence-electron chi connectivity index (χ1n) is 11.4. The van der Waals surface area contributed by atoms with Crippen molar-refractivity contribution >= 4 is 5.78 Å². The fraction of sp³-hybridized carbons (Fsp3) is 0.519. The Hall–Kier alpha value is -2.09. The van der Waals surface area contributed by atoms with Gasteiger partial charge in [0.15, 0.2) is 0 Å². The van der Waals surface area contributed by atoms with E-state index >= 15 is 0 Å². The summed E-state index contributed by atoms with van der Waals surface area (Å²) in [7, 11) is 0. The van der Waals surface area contributed by atoms with Gasteiger partial charge in [0.2, 0.25) is 0 Å². The SMILES string of the molecule is Cc1ccc(CC[C@@H]2CC(=O)[C@@]3(C)CC[C@@H]4c5ccc(O)cc5CC[C@H]4[C@H]23)cc1. The van der Waals surface area contributed by atoms with Crippen molar-refractivity contribution in [3.05, 3.63) is 64.7 Å². The van der Waals surface area contributed by atoms with Gasteiger partial charge < -0.3 is 5.11 Å². The van der Waals surface area contributed by atoms with Gasteiger partial charge in [-0.15, -0.1) is 0 Å². The van der Waals surface area contributed by atoms with E-state index < -0.39 is 0 Å². The highest BCUT2D eigenvalue weighted by Gasteiger charge is 2.58. The number of aromatic hydroxyl groups is 1. The molecule has 3 aliphatic carbocycles. The number of rotatable bonds is 3. The zero-order valence-corrected chi connectivity index (χ0v) is 17.7. The molecule has 152 valence electrons. The summed E-state index contributed by atoms with van der Waals surface area (Å²) >= 11 is 0. The normalized spacial score (nSPS) is 33.1. The number of phenols is 1. The van der Waals surface area contributed by atoms with Gasteiger partial charge in [-0.05, 0) is 97.9 Å². The Bertz CT molecular complexity index is 928. The van der Waals surface area contributed by atoms with Crippen LogP contribution in [0.4, 0.5) is 0 Å². The Morgan fingerprint density at radius 1 is 1.10 bits per heavy atom. The first kappa shape index (κ1) is 18.9. The van der Waals surface area contributed by atoms with Crippen molar-refractivity contribution in [2.75, 3.05) is 0 Å². The van der Waals surface area contributed by atoms with E-state index in [1.165, 1.54) is 22.3 Å². The molecule has 2 fully saturated rings. The van der Waals surface area contributed by atoms with E-state index in [9.17, 15) is 9.90 Å². The van der Waals surface area contributed by atoms with E-state index in [-0.39, 0.29) is 5.41 Å². The fourth-order valence-electron chi connectivity index (χ4n) is 7.00. The summed E-state index contributed by atoms with van der Waals surface area (Å²) in [6.07, 6.45) is 7.32. The van der Waals surface area contributed by atoms with E-state index in [0.717, 1.165) is 44.9 Å². The molecule has 5 rings (SSSR count). The van der Waals surface area contributed by atoms with Crippen LogP contribution in [0.5, 0.6) is 5.75 Å². The second-order valence-electron chi connectivity index (χ2n) is 10.1. The number of benzene rings is 2. The first-order valence-corrected chi connectivity index (χ1v) is 11.4. The number of aryl methyl sites for hydroxylation is 3. The highest BCUT2D eigenvalue weighted by molar-refractivity contribution is 5.87. The van der Waals surface area contributed by atoms with Crippen LogP contribution in [-0.4, -0.2) is 10.9 Å². The lowest BCUT2D eigenvalue weighted by Gasteiger charge is -2.50. The van der Waals surface area contributed by atoms with Gasteiger partial charge in [0.25, 0.3) is 0 Å². The molecule has 0 unspecified atom stereocenters.